The van der Waals surface area contributed by atoms with Crippen LogP contribution in [0.3, 0.4) is 0 Å². The number of nitrogens with one attached hydrogen (secondary N) is 3. The van der Waals surface area contributed by atoms with Gasteiger partial charge < -0.3 is 59.7 Å². The van der Waals surface area contributed by atoms with Gasteiger partial charge in [0, 0.05) is 12.5 Å². The Morgan fingerprint density at radius 2 is 1.23 bits per heavy atom. The lowest BCUT2D eigenvalue weighted by atomic mass is 9.88. The number of carbonyl (C=O) groups excluding carboxylic acids is 3. The van der Waals surface area contributed by atoms with Gasteiger partial charge in [0.1, 0.15) is 24.0 Å². The van der Waals surface area contributed by atoms with Gasteiger partial charge in [0.25, 0.3) is 0 Å². The lowest BCUT2D eigenvalue weighted by molar-refractivity contribution is -0.133. The molecule has 0 spiro atoms. The fourth-order valence-corrected chi connectivity index (χ4v) is 5.51. The normalized spacial score (nSPS) is 13.7. The van der Waals surface area contributed by atoms with E-state index < -0.39 is 41.7 Å². The molecule has 15 nitrogen and oxygen atoms in total. The molecule has 2 aromatic rings. The summed E-state index contributed by atoms with van der Waals surface area (Å²) >= 11 is 0. The third-order valence-electron chi connectivity index (χ3n) is 8.27. The van der Waals surface area contributed by atoms with Crippen LogP contribution in [-0.2, 0) is 46.1 Å². The minimum atomic E-state index is -1.16. The first-order valence-electron chi connectivity index (χ1n) is 19.4. The number of hydrogen-bond donors (Lipinski definition) is 6. The van der Waals surface area contributed by atoms with E-state index in [1.165, 1.54) is 0 Å². The molecule has 0 bridgehead atoms. The van der Waals surface area contributed by atoms with Gasteiger partial charge in [0.15, 0.2) is 0 Å². The molecule has 0 aliphatic heterocycles. The summed E-state index contributed by atoms with van der Waals surface area (Å²) in [4.78, 5) is 40.3. The zero-order chi connectivity index (χ0) is 41.2. The lowest BCUT2D eigenvalue weighted by Crippen LogP contribution is -2.53. The van der Waals surface area contributed by atoms with Crippen molar-refractivity contribution in [2.75, 3.05) is 79.2 Å². The first-order chi connectivity index (χ1) is 26.8. The fourth-order valence-electron chi connectivity index (χ4n) is 5.51. The Hall–Kier alpha value is -3.83. The summed E-state index contributed by atoms with van der Waals surface area (Å²) < 4.78 is 32.5. The third-order valence-corrected chi connectivity index (χ3v) is 8.27. The van der Waals surface area contributed by atoms with E-state index in [4.69, 9.17) is 38.6 Å². The zero-order valence-corrected chi connectivity index (χ0v) is 33.7. The number of aliphatic hydroxyl groups excluding tert-OH is 3. The van der Waals surface area contributed by atoms with Crippen LogP contribution >= 0.6 is 0 Å². The number of rotatable bonds is 29. The molecule has 56 heavy (non-hydrogen) atoms. The molecule has 0 saturated carbocycles. The highest BCUT2D eigenvalue weighted by molar-refractivity contribution is 5.88. The Bertz CT molecular complexity index is 1360. The van der Waals surface area contributed by atoms with E-state index in [0.29, 0.717) is 45.4 Å². The highest BCUT2D eigenvalue weighted by atomic mass is 16.6. The number of hydrogen-bond acceptors (Lipinski definition) is 12. The van der Waals surface area contributed by atoms with Gasteiger partial charge in [-0.2, -0.15) is 0 Å². The fraction of sp³-hybridized carbons (Fsp3) is 0.634. The van der Waals surface area contributed by atoms with Crippen molar-refractivity contribution in [3.8, 4) is 5.75 Å². The van der Waals surface area contributed by atoms with E-state index in [9.17, 15) is 19.5 Å². The van der Waals surface area contributed by atoms with Crippen LogP contribution in [0.25, 0.3) is 0 Å². The molecule has 0 aromatic heterocycles. The largest absolute Gasteiger partial charge is 0.491 e. The maximum atomic E-state index is 14.1. The number of alkyl carbamates (subject to hydrolysis) is 1. The molecule has 0 heterocycles. The van der Waals surface area contributed by atoms with Crippen molar-refractivity contribution < 1.29 is 58.1 Å². The van der Waals surface area contributed by atoms with E-state index in [1.54, 1.807) is 32.9 Å². The van der Waals surface area contributed by atoms with Crippen molar-refractivity contribution in [1.82, 2.24) is 16.0 Å². The first-order valence-corrected chi connectivity index (χ1v) is 19.4. The van der Waals surface area contributed by atoms with Crippen molar-refractivity contribution in [2.24, 2.45) is 11.8 Å². The molecule has 15 heteroatoms. The monoisotopic (exact) mass is 791 g/mol. The summed E-state index contributed by atoms with van der Waals surface area (Å²) in [5.74, 6) is -1.29. The zero-order valence-electron chi connectivity index (χ0n) is 33.7. The van der Waals surface area contributed by atoms with Crippen LogP contribution in [0, 0.1) is 11.8 Å². The average molecular weight is 792 g/mol. The molecule has 6 N–H and O–H groups in total. The summed E-state index contributed by atoms with van der Waals surface area (Å²) in [6.45, 7) is 12.0. The van der Waals surface area contributed by atoms with E-state index >= 15 is 0 Å². The molecule has 0 saturated heterocycles. The minimum absolute atomic E-state index is 0.0229. The summed E-state index contributed by atoms with van der Waals surface area (Å²) in [6, 6.07) is 14.8. The molecule has 0 aliphatic rings. The number of benzene rings is 2. The number of ether oxygens (including phenoxy) is 6. The van der Waals surface area contributed by atoms with Crippen LogP contribution < -0.4 is 20.7 Å². The van der Waals surface area contributed by atoms with Gasteiger partial charge in [-0.25, -0.2) is 4.79 Å². The molecule has 2 aromatic carbocycles. The van der Waals surface area contributed by atoms with Gasteiger partial charge in [-0.15, -0.1) is 0 Å². The van der Waals surface area contributed by atoms with Gasteiger partial charge >= 0.3 is 6.09 Å². The number of amides is 3. The molecular formula is C41H65N3O12. The summed E-state index contributed by atoms with van der Waals surface area (Å²) in [6.07, 6.45) is -1.37. The number of carbonyl (C=O) groups is 3. The quantitative estimate of drug-likeness (QED) is 0.0659. The Morgan fingerprint density at radius 3 is 1.79 bits per heavy atom. The van der Waals surface area contributed by atoms with E-state index in [-0.39, 0.29) is 70.7 Å². The Morgan fingerprint density at radius 1 is 0.679 bits per heavy atom. The van der Waals surface area contributed by atoms with E-state index in [2.05, 4.69) is 16.0 Å². The molecular weight excluding hydrogens is 726 g/mol. The average Bonchev–Trinajstić information content (AvgIpc) is 3.15. The molecule has 0 radical (unpaired) electrons. The van der Waals surface area contributed by atoms with Crippen molar-refractivity contribution in [3.05, 3.63) is 65.7 Å². The molecule has 0 aliphatic carbocycles. The first kappa shape index (κ1) is 48.3. The van der Waals surface area contributed by atoms with Crippen LogP contribution in [0.5, 0.6) is 5.75 Å². The second-order valence-corrected chi connectivity index (χ2v) is 14.6. The van der Waals surface area contributed by atoms with Crippen molar-refractivity contribution in [3.63, 3.8) is 0 Å². The van der Waals surface area contributed by atoms with Crippen LogP contribution in [0.1, 0.15) is 52.2 Å². The second-order valence-electron chi connectivity index (χ2n) is 14.6. The topological polar surface area (TPSA) is 203 Å². The maximum absolute atomic E-state index is 14.1. The van der Waals surface area contributed by atoms with E-state index in [0.717, 1.165) is 11.1 Å². The third kappa shape index (κ3) is 21.5. The van der Waals surface area contributed by atoms with Crippen molar-refractivity contribution in [1.29, 1.82) is 0 Å². The van der Waals surface area contributed by atoms with Gasteiger partial charge in [-0.05, 0) is 69.2 Å². The minimum Gasteiger partial charge on any atom is -0.491 e. The Labute approximate surface area is 331 Å². The van der Waals surface area contributed by atoms with Gasteiger partial charge in [-0.3, -0.25) is 9.59 Å². The summed E-state index contributed by atoms with van der Waals surface area (Å²) in [7, 11) is 0. The standard InChI is InChI=1S/C41H65N3O12/c1-30(2)37(39(49)42-15-18-51-21-23-53-25-26-54-24-22-52-19-16-45)44-38(48)33(27-32-11-13-34(14-12-32)55-20-17-46)29-36(47)35(28-31-9-7-6-8-10-31)43-40(50)56-41(3,4)5/h6-14,30,33,35-37,45-47H,15-29H2,1-5H3,(H,42,49)(H,43,50)(H,44,48)/t33-,35+,36+,37+/m1/s1. The van der Waals surface area contributed by atoms with Crippen LogP contribution in [0.4, 0.5) is 4.79 Å². The lowest BCUT2D eigenvalue weighted by Gasteiger charge is -2.30. The van der Waals surface area contributed by atoms with E-state index in [1.807, 2.05) is 56.3 Å². The Balaban J connectivity index is 2.06. The van der Waals surface area contributed by atoms with Crippen LogP contribution in [0.2, 0.25) is 0 Å². The highest BCUT2D eigenvalue weighted by Gasteiger charge is 2.33. The van der Waals surface area contributed by atoms with Gasteiger partial charge in [0.2, 0.25) is 11.8 Å². The predicted molar refractivity (Wildman–Crippen MR) is 210 cm³/mol. The number of aliphatic hydroxyl groups is 3. The second kappa shape index (κ2) is 27.7. The molecule has 2 rings (SSSR count). The van der Waals surface area contributed by atoms with Crippen molar-refractivity contribution >= 4 is 17.9 Å². The highest BCUT2D eigenvalue weighted by Crippen LogP contribution is 2.22. The SMILES string of the molecule is CC(C)[C@H](NC(=O)[C@H](Cc1ccc(OCCO)cc1)C[C@H](O)[C@H](Cc1ccccc1)NC(=O)OC(C)(C)C)C(=O)NCCOCCOCCOCCOCCO. The summed E-state index contributed by atoms with van der Waals surface area (Å²) in [5.41, 5.74) is 0.905. The van der Waals surface area contributed by atoms with Gasteiger partial charge in [0.05, 0.1) is 78.2 Å². The van der Waals surface area contributed by atoms with Crippen LogP contribution in [-0.4, -0.2) is 136 Å². The predicted octanol–water partition coefficient (Wildman–Crippen LogP) is 2.42. The molecule has 4 atom stereocenters. The smallest absolute Gasteiger partial charge is 0.407 e. The van der Waals surface area contributed by atoms with Crippen LogP contribution in [0.15, 0.2) is 54.6 Å². The Kier molecular flexibility index (Phi) is 23.9. The molecule has 316 valence electrons. The van der Waals surface area contributed by atoms with Crippen molar-refractivity contribution in [2.45, 2.75) is 77.7 Å². The van der Waals surface area contributed by atoms with Gasteiger partial charge in [-0.1, -0.05) is 56.3 Å². The maximum Gasteiger partial charge on any atom is 0.407 e. The summed E-state index contributed by atoms with van der Waals surface area (Å²) in [5, 5.41) is 38.1. The molecule has 0 unspecified atom stereocenters. The molecule has 3 amide bonds. The molecule has 0 fully saturated rings.